The van der Waals surface area contributed by atoms with Gasteiger partial charge in [0.2, 0.25) is 0 Å². The van der Waals surface area contributed by atoms with Gasteiger partial charge >= 0.3 is 6.03 Å². The van der Waals surface area contributed by atoms with Gasteiger partial charge < -0.3 is 15.5 Å². The largest absolute Gasteiger partial charge is 0.334 e. The summed E-state index contributed by atoms with van der Waals surface area (Å²) in [5, 5.41) is 6.22. The summed E-state index contributed by atoms with van der Waals surface area (Å²) in [4.78, 5) is 13.4. The molecule has 1 saturated heterocycles. The maximum atomic E-state index is 11.5. The Hall–Kier alpha value is -0.480. The summed E-state index contributed by atoms with van der Waals surface area (Å²) < 4.78 is 0. The first-order chi connectivity index (χ1) is 6.27. The van der Waals surface area contributed by atoms with E-state index >= 15 is 0 Å². The first-order valence-corrected chi connectivity index (χ1v) is 5.04. The second kappa shape index (κ2) is 6.90. The van der Waals surface area contributed by atoms with Crippen molar-refractivity contribution in [1.82, 2.24) is 15.5 Å². The standard InChI is InChI=1S/C9H19N3O.ClH/c1-3-12(4-2)9(13)11-8-5-6-10-7-8;/h8,10H,3-7H2,1-2H3,(H,11,13);1H/t8-;/m0./s1. The van der Waals surface area contributed by atoms with Crippen molar-refractivity contribution in [3.63, 3.8) is 0 Å². The van der Waals surface area contributed by atoms with Crippen molar-refractivity contribution in [3.05, 3.63) is 0 Å². The molecule has 1 aliphatic heterocycles. The van der Waals surface area contributed by atoms with E-state index in [2.05, 4.69) is 10.6 Å². The highest BCUT2D eigenvalue weighted by molar-refractivity contribution is 5.85. The Morgan fingerprint density at radius 1 is 1.50 bits per heavy atom. The van der Waals surface area contributed by atoms with Crippen LogP contribution < -0.4 is 10.6 Å². The number of hydrogen-bond acceptors (Lipinski definition) is 2. The Kier molecular flexibility index (Phi) is 6.66. The molecule has 1 heterocycles. The van der Waals surface area contributed by atoms with Crippen molar-refractivity contribution >= 4 is 18.4 Å². The number of nitrogens with zero attached hydrogens (tertiary/aromatic N) is 1. The molecule has 4 nitrogen and oxygen atoms in total. The van der Waals surface area contributed by atoms with Crippen LogP contribution in [-0.2, 0) is 0 Å². The third-order valence-electron chi connectivity index (χ3n) is 2.44. The minimum atomic E-state index is 0. The van der Waals surface area contributed by atoms with Crippen molar-refractivity contribution in [1.29, 1.82) is 0 Å². The van der Waals surface area contributed by atoms with Crippen LogP contribution in [0.3, 0.4) is 0 Å². The Morgan fingerprint density at radius 2 is 2.14 bits per heavy atom. The van der Waals surface area contributed by atoms with Crippen molar-refractivity contribution in [2.45, 2.75) is 26.3 Å². The molecule has 14 heavy (non-hydrogen) atoms. The predicted molar refractivity (Wildman–Crippen MR) is 60.0 cm³/mol. The van der Waals surface area contributed by atoms with Gasteiger partial charge in [-0.2, -0.15) is 0 Å². The van der Waals surface area contributed by atoms with Crippen molar-refractivity contribution in [3.8, 4) is 0 Å². The minimum absolute atomic E-state index is 0. The third-order valence-corrected chi connectivity index (χ3v) is 2.44. The molecule has 1 aliphatic rings. The van der Waals surface area contributed by atoms with E-state index < -0.39 is 0 Å². The highest BCUT2D eigenvalue weighted by atomic mass is 35.5. The van der Waals surface area contributed by atoms with Crippen LogP contribution in [0.15, 0.2) is 0 Å². The van der Waals surface area contributed by atoms with E-state index in [1.165, 1.54) is 0 Å². The molecule has 5 heteroatoms. The first kappa shape index (κ1) is 13.5. The monoisotopic (exact) mass is 221 g/mol. The van der Waals surface area contributed by atoms with E-state index in [0.717, 1.165) is 32.6 Å². The van der Waals surface area contributed by atoms with E-state index in [0.29, 0.717) is 6.04 Å². The summed E-state index contributed by atoms with van der Waals surface area (Å²) in [6, 6.07) is 0.395. The third kappa shape index (κ3) is 3.72. The van der Waals surface area contributed by atoms with Gasteiger partial charge in [-0.3, -0.25) is 0 Å². The maximum Gasteiger partial charge on any atom is 0.317 e. The number of carbonyl (C=O) groups is 1. The number of rotatable bonds is 3. The lowest BCUT2D eigenvalue weighted by molar-refractivity contribution is 0.200. The fraction of sp³-hybridized carbons (Fsp3) is 0.889. The highest BCUT2D eigenvalue weighted by Crippen LogP contribution is 1.98. The van der Waals surface area contributed by atoms with Crippen LogP contribution in [0.5, 0.6) is 0 Å². The number of amides is 2. The molecule has 2 N–H and O–H groups in total. The number of halogens is 1. The molecule has 0 radical (unpaired) electrons. The van der Waals surface area contributed by atoms with Crippen LogP contribution >= 0.6 is 12.4 Å². The number of hydrogen-bond donors (Lipinski definition) is 2. The van der Waals surface area contributed by atoms with Crippen LogP contribution in [0, 0.1) is 0 Å². The fourth-order valence-electron chi connectivity index (χ4n) is 1.55. The minimum Gasteiger partial charge on any atom is -0.334 e. The van der Waals surface area contributed by atoms with Crippen LogP contribution in [-0.4, -0.2) is 43.2 Å². The van der Waals surface area contributed by atoms with Gasteiger partial charge in [0.15, 0.2) is 0 Å². The van der Waals surface area contributed by atoms with Gasteiger partial charge in [0, 0.05) is 25.7 Å². The average Bonchev–Trinajstić information content (AvgIpc) is 2.59. The predicted octanol–water partition coefficient (Wildman–Crippen LogP) is 0.821. The molecule has 0 aromatic carbocycles. The van der Waals surface area contributed by atoms with E-state index in [4.69, 9.17) is 0 Å². The summed E-state index contributed by atoms with van der Waals surface area (Å²) in [6.45, 7) is 7.48. The van der Waals surface area contributed by atoms with Gasteiger partial charge in [-0.25, -0.2) is 4.79 Å². The van der Waals surface area contributed by atoms with Crippen LogP contribution in [0.4, 0.5) is 4.79 Å². The second-order valence-electron chi connectivity index (χ2n) is 3.31. The molecule has 0 aromatic rings. The lowest BCUT2D eigenvalue weighted by atomic mass is 10.3. The molecule has 0 aliphatic carbocycles. The SMILES string of the molecule is CCN(CC)C(=O)N[C@H]1CCNC1.Cl. The molecular weight excluding hydrogens is 202 g/mol. The number of urea groups is 1. The van der Waals surface area contributed by atoms with Gasteiger partial charge in [-0.15, -0.1) is 12.4 Å². The van der Waals surface area contributed by atoms with Crippen LogP contribution in [0.2, 0.25) is 0 Å². The summed E-state index contributed by atoms with van der Waals surface area (Å²) in [7, 11) is 0. The molecule has 0 saturated carbocycles. The van der Waals surface area contributed by atoms with Gasteiger partial charge in [0.05, 0.1) is 0 Å². The smallest absolute Gasteiger partial charge is 0.317 e. The molecule has 1 fully saturated rings. The van der Waals surface area contributed by atoms with Gasteiger partial charge in [0.25, 0.3) is 0 Å². The zero-order valence-electron chi connectivity index (χ0n) is 8.88. The Morgan fingerprint density at radius 3 is 2.57 bits per heavy atom. The van der Waals surface area contributed by atoms with Crippen molar-refractivity contribution < 1.29 is 4.79 Å². The zero-order valence-corrected chi connectivity index (χ0v) is 9.69. The second-order valence-corrected chi connectivity index (χ2v) is 3.31. The zero-order chi connectivity index (χ0) is 9.68. The summed E-state index contributed by atoms with van der Waals surface area (Å²) in [6.07, 6.45) is 1.05. The molecule has 0 spiro atoms. The Labute approximate surface area is 91.8 Å². The lowest BCUT2D eigenvalue weighted by Crippen LogP contribution is -2.45. The Bertz CT molecular complexity index is 167. The Balaban J connectivity index is 0.00000169. The van der Waals surface area contributed by atoms with Gasteiger partial charge in [-0.05, 0) is 26.8 Å². The molecule has 0 bridgehead atoms. The molecule has 1 rings (SSSR count). The van der Waals surface area contributed by atoms with Crippen molar-refractivity contribution in [2.75, 3.05) is 26.2 Å². The highest BCUT2D eigenvalue weighted by Gasteiger charge is 2.18. The average molecular weight is 222 g/mol. The lowest BCUT2D eigenvalue weighted by Gasteiger charge is -2.21. The maximum absolute atomic E-state index is 11.5. The molecule has 84 valence electrons. The molecule has 0 aromatic heterocycles. The first-order valence-electron chi connectivity index (χ1n) is 5.04. The number of carbonyl (C=O) groups excluding carboxylic acids is 1. The molecule has 0 unspecified atom stereocenters. The van der Waals surface area contributed by atoms with Crippen LogP contribution in [0.25, 0.3) is 0 Å². The van der Waals surface area contributed by atoms with Crippen LogP contribution in [0.1, 0.15) is 20.3 Å². The van der Waals surface area contributed by atoms with Gasteiger partial charge in [0.1, 0.15) is 0 Å². The molecule has 2 amide bonds. The molecule has 1 atom stereocenters. The summed E-state index contributed by atoms with van der Waals surface area (Å²) in [5.74, 6) is 0. The summed E-state index contributed by atoms with van der Waals surface area (Å²) in [5.41, 5.74) is 0. The van der Waals surface area contributed by atoms with E-state index in [1.807, 2.05) is 13.8 Å². The molecular formula is C9H20ClN3O. The van der Waals surface area contributed by atoms with E-state index in [1.54, 1.807) is 4.90 Å². The van der Waals surface area contributed by atoms with Gasteiger partial charge in [-0.1, -0.05) is 0 Å². The quantitative estimate of drug-likeness (QED) is 0.741. The normalized spacial score (nSPS) is 20.0. The topological polar surface area (TPSA) is 44.4 Å². The van der Waals surface area contributed by atoms with E-state index in [9.17, 15) is 4.79 Å². The fourth-order valence-corrected chi connectivity index (χ4v) is 1.55. The number of nitrogens with one attached hydrogen (secondary N) is 2. The van der Waals surface area contributed by atoms with E-state index in [-0.39, 0.29) is 18.4 Å². The van der Waals surface area contributed by atoms with Crippen molar-refractivity contribution in [2.24, 2.45) is 0 Å². The summed E-state index contributed by atoms with van der Waals surface area (Å²) >= 11 is 0.